The minimum atomic E-state index is -0.214. The van der Waals surface area contributed by atoms with Gasteiger partial charge in [-0.2, -0.15) is 0 Å². The molecule has 0 radical (unpaired) electrons. The van der Waals surface area contributed by atoms with Gasteiger partial charge in [0.25, 0.3) is 5.91 Å². The molecule has 0 unspecified atom stereocenters. The first-order valence-corrected chi connectivity index (χ1v) is 8.31. The summed E-state index contributed by atoms with van der Waals surface area (Å²) in [4.78, 5) is 14.7. The average Bonchev–Trinajstić information content (AvgIpc) is 2.49. The van der Waals surface area contributed by atoms with Crippen LogP contribution < -0.4 is 16.2 Å². The highest BCUT2D eigenvalue weighted by molar-refractivity contribution is 5.86. The smallest absolute Gasteiger partial charge is 0.256 e. The van der Waals surface area contributed by atoms with Gasteiger partial charge in [0, 0.05) is 11.2 Å². The van der Waals surface area contributed by atoms with Gasteiger partial charge in [-0.3, -0.25) is 10.2 Å². The number of benzene rings is 1. The lowest BCUT2D eigenvalue weighted by Gasteiger charge is -2.50. The topological polar surface area (TPSA) is 58.4 Å². The van der Waals surface area contributed by atoms with E-state index in [4.69, 9.17) is 5.84 Å². The summed E-state index contributed by atoms with van der Waals surface area (Å²) in [7, 11) is 0. The number of para-hydroxylation sites is 1. The largest absolute Gasteiger partial charge is 0.354 e. The lowest BCUT2D eigenvalue weighted by molar-refractivity contribution is -0.123. The van der Waals surface area contributed by atoms with Crippen LogP contribution in [0, 0.1) is 0 Å². The Morgan fingerprint density at radius 3 is 2.77 bits per heavy atom. The average molecular weight is 303 g/mol. The molecule has 0 saturated carbocycles. The highest BCUT2D eigenvalue weighted by atomic mass is 16.2. The van der Waals surface area contributed by atoms with Gasteiger partial charge >= 0.3 is 0 Å². The fourth-order valence-electron chi connectivity index (χ4n) is 3.87. The van der Waals surface area contributed by atoms with E-state index in [1.165, 1.54) is 11.3 Å². The van der Waals surface area contributed by atoms with Crippen LogP contribution in [-0.4, -0.2) is 17.5 Å². The van der Waals surface area contributed by atoms with Crippen molar-refractivity contribution in [3.05, 3.63) is 29.8 Å². The quantitative estimate of drug-likeness (QED) is 0.498. The van der Waals surface area contributed by atoms with E-state index in [-0.39, 0.29) is 17.5 Å². The number of rotatable bonds is 5. The first kappa shape index (κ1) is 16.8. The maximum absolute atomic E-state index is 12.4. The van der Waals surface area contributed by atoms with Gasteiger partial charge in [0.1, 0.15) is 6.04 Å². The van der Waals surface area contributed by atoms with Gasteiger partial charge in [-0.15, -0.1) is 0 Å². The van der Waals surface area contributed by atoms with Gasteiger partial charge in [0.2, 0.25) is 0 Å². The Morgan fingerprint density at radius 2 is 2.14 bits per heavy atom. The first-order valence-electron chi connectivity index (χ1n) is 8.31. The van der Waals surface area contributed by atoms with Crippen LogP contribution in [0.15, 0.2) is 24.3 Å². The van der Waals surface area contributed by atoms with Crippen LogP contribution in [-0.2, 0) is 4.79 Å². The Morgan fingerprint density at radius 1 is 1.45 bits per heavy atom. The van der Waals surface area contributed by atoms with Crippen molar-refractivity contribution in [2.75, 3.05) is 4.90 Å². The molecule has 0 spiro atoms. The Balaban J connectivity index is 2.48. The standard InChI is InChI=1S/C18H29N3O/c1-5-6-10-16(17(22)20-19)21-15-11-8-7-9-14(15)13(2)12-18(21,3)4/h7-9,11,13,16H,5-6,10,12,19H2,1-4H3,(H,20,22)/t13-,16+/m1/s1. The fraction of sp³-hybridized carbons (Fsp3) is 0.611. The van der Waals surface area contributed by atoms with Crippen molar-refractivity contribution in [2.45, 2.75) is 70.9 Å². The highest BCUT2D eigenvalue weighted by Crippen LogP contribution is 2.44. The normalized spacial score (nSPS) is 21.1. The van der Waals surface area contributed by atoms with E-state index in [1.54, 1.807) is 0 Å². The molecule has 1 heterocycles. The summed E-state index contributed by atoms with van der Waals surface area (Å²) in [5.41, 5.74) is 4.80. The summed E-state index contributed by atoms with van der Waals surface area (Å²) < 4.78 is 0. The van der Waals surface area contributed by atoms with Gasteiger partial charge in [0.05, 0.1) is 0 Å². The summed E-state index contributed by atoms with van der Waals surface area (Å²) in [6.45, 7) is 8.86. The van der Waals surface area contributed by atoms with Gasteiger partial charge in [0.15, 0.2) is 0 Å². The Kier molecular flexibility index (Phi) is 5.12. The molecule has 2 rings (SSSR count). The summed E-state index contributed by atoms with van der Waals surface area (Å²) in [6, 6.07) is 8.23. The molecule has 22 heavy (non-hydrogen) atoms. The highest BCUT2D eigenvalue weighted by Gasteiger charge is 2.41. The summed E-state index contributed by atoms with van der Waals surface area (Å²) in [5.74, 6) is 5.86. The third kappa shape index (κ3) is 3.12. The number of hydrazine groups is 1. The number of hydrogen-bond acceptors (Lipinski definition) is 3. The molecule has 0 saturated heterocycles. The van der Waals surface area contributed by atoms with Crippen molar-refractivity contribution < 1.29 is 4.79 Å². The molecule has 0 aliphatic carbocycles. The molecule has 1 amide bonds. The number of unbranched alkanes of at least 4 members (excludes halogenated alkanes) is 1. The van der Waals surface area contributed by atoms with Crippen molar-refractivity contribution >= 4 is 11.6 Å². The van der Waals surface area contributed by atoms with E-state index in [0.29, 0.717) is 5.92 Å². The molecule has 4 heteroatoms. The van der Waals surface area contributed by atoms with Crippen LogP contribution >= 0.6 is 0 Å². The molecule has 3 N–H and O–H groups in total. The molecule has 1 aliphatic rings. The predicted molar refractivity (Wildman–Crippen MR) is 91.7 cm³/mol. The van der Waals surface area contributed by atoms with E-state index in [0.717, 1.165) is 25.7 Å². The second-order valence-electron chi connectivity index (χ2n) is 7.01. The Hall–Kier alpha value is -1.55. The molecule has 1 aromatic carbocycles. The van der Waals surface area contributed by atoms with Crippen molar-refractivity contribution in [1.29, 1.82) is 0 Å². The van der Waals surface area contributed by atoms with E-state index >= 15 is 0 Å². The minimum Gasteiger partial charge on any atom is -0.354 e. The zero-order chi connectivity index (χ0) is 16.3. The zero-order valence-corrected chi connectivity index (χ0v) is 14.2. The second-order valence-corrected chi connectivity index (χ2v) is 7.01. The van der Waals surface area contributed by atoms with E-state index in [2.05, 4.69) is 62.3 Å². The van der Waals surface area contributed by atoms with Crippen LogP contribution in [0.1, 0.15) is 64.9 Å². The molecule has 0 bridgehead atoms. The maximum Gasteiger partial charge on any atom is 0.256 e. The molecule has 0 fully saturated rings. The number of amides is 1. The zero-order valence-electron chi connectivity index (χ0n) is 14.2. The first-order chi connectivity index (χ1) is 10.4. The number of nitrogens with two attached hydrogens (primary N) is 1. The van der Waals surface area contributed by atoms with E-state index in [1.807, 2.05) is 0 Å². The van der Waals surface area contributed by atoms with Crippen LogP contribution in [0.25, 0.3) is 0 Å². The van der Waals surface area contributed by atoms with Crippen LogP contribution in [0.4, 0.5) is 5.69 Å². The van der Waals surface area contributed by atoms with E-state index in [9.17, 15) is 4.79 Å². The summed E-state index contributed by atoms with van der Waals surface area (Å²) in [6.07, 6.45) is 3.94. The number of carbonyl (C=O) groups is 1. The Bertz CT molecular complexity index is 527. The van der Waals surface area contributed by atoms with Gasteiger partial charge < -0.3 is 4.90 Å². The van der Waals surface area contributed by atoms with Crippen LogP contribution in [0.2, 0.25) is 0 Å². The van der Waals surface area contributed by atoms with Crippen molar-refractivity contribution in [3.8, 4) is 0 Å². The number of hydrogen-bond donors (Lipinski definition) is 2. The lowest BCUT2D eigenvalue weighted by Crippen LogP contribution is -2.59. The van der Waals surface area contributed by atoms with Crippen molar-refractivity contribution in [2.24, 2.45) is 5.84 Å². The van der Waals surface area contributed by atoms with Crippen molar-refractivity contribution in [1.82, 2.24) is 5.43 Å². The molecule has 1 aromatic rings. The fourth-order valence-corrected chi connectivity index (χ4v) is 3.87. The number of anilines is 1. The molecule has 1 aliphatic heterocycles. The SMILES string of the molecule is CCCC[C@@H](C(=O)NN)N1c2ccccc2[C@H](C)CC1(C)C. The minimum absolute atomic E-state index is 0.0707. The number of nitrogens with one attached hydrogen (secondary N) is 1. The Labute approximate surface area is 134 Å². The van der Waals surface area contributed by atoms with Gasteiger partial charge in [-0.05, 0) is 44.2 Å². The third-order valence-electron chi connectivity index (χ3n) is 4.77. The van der Waals surface area contributed by atoms with Crippen molar-refractivity contribution in [3.63, 3.8) is 0 Å². The summed E-state index contributed by atoms with van der Waals surface area (Å²) in [5, 5.41) is 0. The molecule has 122 valence electrons. The second kappa shape index (κ2) is 6.69. The van der Waals surface area contributed by atoms with Gasteiger partial charge in [-0.25, -0.2) is 5.84 Å². The number of carbonyl (C=O) groups excluding carboxylic acids is 1. The molecular formula is C18H29N3O. The van der Waals surface area contributed by atoms with E-state index < -0.39 is 0 Å². The predicted octanol–water partition coefficient (Wildman–Crippen LogP) is 3.33. The number of fused-ring (bicyclic) bond motifs is 1. The van der Waals surface area contributed by atoms with Crippen LogP contribution in [0.5, 0.6) is 0 Å². The van der Waals surface area contributed by atoms with Crippen LogP contribution in [0.3, 0.4) is 0 Å². The number of nitrogens with zero attached hydrogens (tertiary/aromatic N) is 1. The molecular weight excluding hydrogens is 274 g/mol. The molecule has 2 atom stereocenters. The molecule has 0 aromatic heterocycles. The molecule has 4 nitrogen and oxygen atoms in total. The third-order valence-corrected chi connectivity index (χ3v) is 4.77. The monoisotopic (exact) mass is 303 g/mol. The lowest BCUT2D eigenvalue weighted by atomic mass is 9.78. The summed E-state index contributed by atoms with van der Waals surface area (Å²) >= 11 is 0. The maximum atomic E-state index is 12.4. The van der Waals surface area contributed by atoms with Gasteiger partial charge in [-0.1, -0.05) is 44.9 Å².